The highest BCUT2D eigenvalue weighted by Gasteiger charge is 2.40. The molecule has 1 aliphatic heterocycles. The first-order valence-corrected chi connectivity index (χ1v) is 6.73. The molecule has 0 aromatic rings. The fourth-order valence-corrected chi connectivity index (χ4v) is 2.62. The molecule has 1 unspecified atom stereocenters. The van der Waals surface area contributed by atoms with E-state index in [0.717, 1.165) is 38.3 Å². The maximum Gasteiger partial charge on any atom is 0.252 e. The number of halogens is 1. The molecule has 2 rings (SSSR count). The molecular formula is C13H25ClN2O2. The molecule has 0 aromatic carbocycles. The highest BCUT2D eigenvalue weighted by atomic mass is 35.5. The van der Waals surface area contributed by atoms with Crippen molar-refractivity contribution in [2.24, 2.45) is 5.92 Å². The lowest BCUT2D eigenvalue weighted by Gasteiger charge is -2.35. The molecular weight excluding hydrogens is 252 g/mol. The fraction of sp³-hybridized carbons (Fsp3) is 0.923. The smallest absolute Gasteiger partial charge is 0.252 e. The third-order valence-electron chi connectivity index (χ3n) is 3.98. The van der Waals surface area contributed by atoms with Crippen molar-refractivity contribution in [3.05, 3.63) is 0 Å². The predicted octanol–water partition coefficient (Wildman–Crippen LogP) is 1.48. The number of nitrogens with one attached hydrogen (secondary N) is 2. The fourth-order valence-electron chi connectivity index (χ4n) is 2.62. The average Bonchev–Trinajstić information content (AvgIpc) is 3.13. The Morgan fingerprint density at radius 3 is 2.56 bits per heavy atom. The van der Waals surface area contributed by atoms with E-state index in [0.29, 0.717) is 0 Å². The second-order valence-electron chi connectivity index (χ2n) is 5.50. The molecule has 106 valence electrons. The van der Waals surface area contributed by atoms with E-state index < -0.39 is 5.60 Å². The summed E-state index contributed by atoms with van der Waals surface area (Å²) in [6, 6.07) is 0.275. The van der Waals surface area contributed by atoms with Gasteiger partial charge in [-0.25, -0.2) is 0 Å². The molecule has 1 amide bonds. The number of rotatable bonds is 5. The molecule has 4 nitrogen and oxygen atoms in total. The van der Waals surface area contributed by atoms with Crippen molar-refractivity contribution in [2.45, 2.75) is 50.7 Å². The van der Waals surface area contributed by atoms with Crippen LogP contribution in [-0.2, 0) is 9.53 Å². The summed E-state index contributed by atoms with van der Waals surface area (Å²) < 4.78 is 5.51. The van der Waals surface area contributed by atoms with E-state index in [4.69, 9.17) is 4.74 Å². The van der Waals surface area contributed by atoms with E-state index in [-0.39, 0.29) is 24.4 Å². The zero-order chi connectivity index (χ0) is 12.3. The highest BCUT2D eigenvalue weighted by Crippen LogP contribution is 2.33. The minimum absolute atomic E-state index is 0. The van der Waals surface area contributed by atoms with Gasteiger partial charge in [0.25, 0.3) is 5.91 Å². The van der Waals surface area contributed by atoms with Crippen LogP contribution < -0.4 is 10.6 Å². The van der Waals surface area contributed by atoms with Crippen molar-refractivity contribution < 1.29 is 9.53 Å². The molecule has 0 aromatic heterocycles. The molecule has 1 atom stereocenters. The van der Waals surface area contributed by atoms with Crippen LogP contribution in [-0.4, -0.2) is 37.7 Å². The zero-order valence-corrected chi connectivity index (χ0v) is 12.1. The van der Waals surface area contributed by atoms with Crippen LogP contribution >= 0.6 is 12.4 Å². The number of piperidine rings is 1. The van der Waals surface area contributed by atoms with E-state index in [1.807, 2.05) is 0 Å². The van der Waals surface area contributed by atoms with Gasteiger partial charge in [-0.1, -0.05) is 12.8 Å². The lowest BCUT2D eigenvalue weighted by molar-refractivity contribution is -0.147. The molecule has 1 saturated heterocycles. The number of carbonyl (C=O) groups is 1. The molecule has 0 radical (unpaired) electrons. The molecule has 2 aliphatic rings. The first kappa shape index (κ1) is 15.7. The van der Waals surface area contributed by atoms with Crippen LogP contribution in [0.15, 0.2) is 0 Å². The molecule has 2 fully saturated rings. The maximum atomic E-state index is 12.3. The number of amides is 1. The van der Waals surface area contributed by atoms with Gasteiger partial charge in [0.1, 0.15) is 5.60 Å². The molecule has 2 N–H and O–H groups in total. The highest BCUT2D eigenvalue weighted by molar-refractivity contribution is 5.85. The van der Waals surface area contributed by atoms with E-state index >= 15 is 0 Å². The van der Waals surface area contributed by atoms with Crippen molar-refractivity contribution >= 4 is 18.3 Å². The summed E-state index contributed by atoms with van der Waals surface area (Å²) in [5.41, 5.74) is -0.594. The van der Waals surface area contributed by atoms with Crippen LogP contribution in [0, 0.1) is 5.92 Å². The Labute approximate surface area is 116 Å². The Bertz CT molecular complexity index is 276. The summed E-state index contributed by atoms with van der Waals surface area (Å²) in [7, 11) is 1.65. The van der Waals surface area contributed by atoms with Gasteiger partial charge in [-0.2, -0.15) is 0 Å². The van der Waals surface area contributed by atoms with Gasteiger partial charge >= 0.3 is 0 Å². The average molecular weight is 277 g/mol. The summed E-state index contributed by atoms with van der Waals surface area (Å²) >= 11 is 0. The molecule has 5 heteroatoms. The molecule has 0 spiro atoms. The lowest BCUT2D eigenvalue weighted by atomic mass is 9.90. The van der Waals surface area contributed by atoms with Crippen LogP contribution in [0.1, 0.15) is 39.0 Å². The maximum absolute atomic E-state index is 12.3. The summed E-state index contributed by atoms with van der Waals surface area (Å²) in [4.78, 5) is 12.3. The lowest BCUT2D eigenvalue weighted by Crippen LogP contribution is -2.55. The third kappa shape index (κ3) is 3.84. The van der Waals surface area contributed by atoms with Crippen LogP contribution in [0.5, 0.6) is 0 Å². The predicted molar refractivity (Wildman–Crippen MR) is 74.0 cm³/mol. The van der Waals surface area contributed by atoms with Crippen molar-refractivity contribution in [3.63, 3.8) is 0 Å². The van der Waals surface area contributed by atoms with Crippen molar-refractivity contribution in [3.8, 4) is 0 Å². The summed E-state index contributed by atoms with van der Waals surface area (Å²) in [5.74, 6) is 0.923. The second-order valence-corrected chi connectivity index (χ2v) is 5.50. The van der Waals surface area contributed by atoms with Crippen LogP contribution in [0.2, 0.25) is 0 Å². The van der Waals surface area contributed by atoms with Gasteiger partial charge in [-0.05, 0) is 45.2 Å². The Morgan fingerprint density at radius 2 is 2.06 bits per heavy atom. The minimum atomic E-state index is -0.594. The summed E-state index contributed by atoms with van der Waals surface area (Å²) in [6.07, 6.45) is 5.32. The van der Waals surface area contributed by atoms with Gasteiger partial charge in [-0.3, -0.25) is 4.79 Å². The standard InChI is InChI=1S/C13H24N2O2.ClH/c1-10(9-11-3-4-11)15-12(16)13(17-2)5-7-14-8-6-13;/h10-11,14H,3-9H2,1-2H3,(H,15,16);1H. The van der Waals surface area contributed by atoms with Crippen LogP contribution in [0.25, 0.3) is 0 Å². The van der Waals surface area contributed by atoms with Crippen LogP contribution in [0.4, 0.5) is 0 Å². The SMILES string of the molecule is COC1(C(=O)NC(C)CC2CC2)CCNCC1.Cl. The van der Waals surface area contributed by atoms with Crippen molar-refractivity contribution in [1.82, 2.24) is 10.6 Å². The van der Waals surface area contributed by atoms with E-state index in [1.165, 1.54) is 12.8 Å². The van der Waals surface area contributed by atoms with Gasteiger partial charge in [0.2, 0.25) is 0 Å². The topological polar surface area (TPSA) is 50.4 Å². The number of ether oxygens (including phenoxy) is 1. The van der Waals surface area contributed by atoms with Gasteiger partial charge < -0.3 is 15.4 Å². The Hall–Kier alpha value is -0.320. The Kier molecular flexibility index (Phi) is 5.89. The minimum Gasteiger partial charge on any atom is -0.368 e. The molecule has 0 bridgehead atoms. The second kappa shape index (κ2) is 6.73. The zero-order valence-electron chi connectivity index (χ0n) is 11.3. The number of carbonyl (C=O) groups excluding carboxylic acids is 1. The number of hydrogen-bond donors (Lipinski definition) is 2. The van der Waals surface area contributed by atoms with E-state index in [9.17, 15) is 4.79 Å². The van der Waals surface area contributed by atoms with Gasteiger partial charge in [-0.15, -0.1) is 12.4 Å². The summed E-state index contributed by atoms with van der Waals surface area (Å²) in [6.45, 7) is 3.82. The third-order valence-corrected chi connectivity index (χ3v) is 3.98. The largest absolute Gasteiger partial charge is 0.368 e. The van der Waals surface area contributed by atoms with Crippen molar-refractivity contribution in [2.75, 3.05) is 20.2 Å². The van der Waals surface area contributed by atoms with Gasteiger partial charge in [0, 0.05) is 13.2 Å². The van der Waals surface area contributed by atoms with E-state index in [2.05, 4.69) is 17.6 Å². The number of hydrogen-bond acceptors (Lipinski definition) is 3. The quantitative estimate of drug-likeness (QED) is 0.800. The van der Waals surface area contributed by atoms with Crippen LogP contribution in [0.3, 0.4) is 0 Å². The molecule has 1 heterocycles. The Balaban J connectivity index is 0.00000162. The van der Waals surface area contributed by atoms with E-state index in [1.54, 1.807) is 7.11 Å². The molecule has 1 saturated carbocycles. The first-order chi connectivity index (χ1) is 8.16. The monoisotopic (exact) mass is 276 g/mol. The molecule has 18 heavy (non-hydrogen) atoms. The molecule has 1 aliphatic carbocycles. The Morgan fingerprint density at radius 1 is 1.44 bits per heavy atom. The van der Waals surface area contributed by atoms with Gasteiger partial charge in [0.15, 0.2) is 0 Å². The first-order valence-electron chi connectivity index (χ1n) is 6.73. The van der Waals surface area contributed by atoms with Gasteiger partial charge in [0.05, 0.1) is 0 Å². The van der Waals surface area contributed by atoms with Crippen molar-refractivity contribution in [1.29, 1.82) is 0 Å². The normalized spacial score (nSPS) is 23.9. The summed E-state index contributed by atoms with van der Waals surface area (Å²) in [5, 5.41) is 6.39. The number of methoxy groups -OCH3 is 1.